The quantitative estimate of drug-likeness (QED) is 0.736. The summed E-state index contributed by atoms with van der Waals surface area (Å²) in [6, 6.07) is 6.20. The van der Waals surface area contributed by atoms with Gasteiger partial charge in [-0.25, -0.2) is 0 Å². The molecular formula is C26H31N3O3. The van der Waals surface area contributed by atoms with Crippen LogP contribution in [0.2, 0.25) is 0 Å². The Morgan fingerprint density at radius 1 is 1.19 bits per heavy atom. The summed E-state index contributed by atoms with van der Waals surface area (Å²) in [6.45, 7) is 2.99. The molecule has 3 aliphatic heterocycles. The van der Waals surface area contributed by atoms with Crippen LogP contribution in [0.5, 0.6) is 5.75 Å². The second-order valence-electron chi connectivity index (χ2n) is 9.92. The van der Waals surface area contributed by atoms with Gasteiger partial charge in [-0.3, -0.25) is 14.5 Å². The normalized spacial score (nSPS) is 29.8. The van der Waals surface area contributed by atoms with E-state index in [0.717, 1.165) is 25.9 Å². The van der Waals surface area contributed by atoms with Gasteiger partial charge in [0.05, 0.1) is 24.1 Å². The molecule has 0 spiro atoms. The number of nitrogens with zero attached hydrogens (tertiary/aromatic N) is 2. The Balaban J connectivity index is 1.36. The highest BCUT2D eigenvalue weighted by molar-refractivity contribution is 5.98. The second-order valence-corrected chi connectivity index (χ2v) is 9.92. The maximum Gasteiger partial charge on any atom is 0.259 e. The number of pyridine rings is 1. The summed E-state index contributed by atoms with van der Waals surface area (Å²) in [6.07, 6.45) is 11.3. The molecule has 1 aromatic carbocycles. The molecule has 3 fully saturated rings. The number of likely N-dealkylation sites (tertiary alicyclic amines) is 1. The highest BCUT2D eigenvalue weighted by atomic mass is 16.5. The fraction of sp³-hybridized carbons (Fsp3) is 0.538. The van der Waals surface area contributed by atoms with Crippen molar-refractivity contribution in [1.82, 2.24) is 14.8 Å². The molecule has 1 amide bonds. The number of hydrogen-bond acceptors (Lipinski definition) is 4. The number of fused-ring (bicyclic) bond motifs is 7. The monoisotopic (exact) mass is 433 g/mol. The van der Waals surface area contributed by atoms with Crippen LogP contribution in [0.25, 0.3) is 10.9 Å². The molecule has 2 bridgehead atoms. The van der Waals surface area contributed by atoms with Crippen molar-refractivity contribution in [3.8, 4) is 5.75 Å². The van der Waals surface area contributed by atoms with Crippen molar-refractivity contribution in [2.24, 2.45) is 11.8 Å². The minimum Gasteiger partial charge on any atom is -0.495 e. The van der Waals surface area contributed by atoms with Crippen molar-refractivity contribution in [3.05, 3.63) is 51.8 Å². The van der Waals surface area contributed by atoms with E-state index in [1.54, 1.807) is 25.4 Å². The number of methoxy groups -OCH3 is 1. The summed E-state index contributed by atoms with van der Waals surface area (Å²) in [5.41, 5.74) is 2.10. The van der Waals surface area contributed by atoms with Crippen molar-refractivity contribution in [1.29, 1.82) is 0 Å². The summed E-state index contributed by atoms with van der Waals surface area (Å²) in [5.74, 6) is 1.58. The number of piperidine rings is 3. The number of hydrogen-bond donors (Lipinski definition) is 1. The van der Waals surface area contributed by atoms with Gasteiger partial charge in [-0.1, -0.05) is 24.1 Å². The van der Waals surface area contributed by atoms with Gasteiger partial charge in [0.2, 0.25) is 5.43 Å². The highest BCUT2D eigenvalue weighted by Gasteiger charge is 2.47. The Bertz CT molecular complexity index is 1150. The maximum atomic E-state index is 13.8. The van der Waals surface area contributed by atoms with E-state index in [1.165, 1.54) is 37.8 Å². The fourth-order valence-corrected chi connectivity index (χ4v) is 6.91. The molecular weight excluding hydrogens is 402 g/mol. The predicted molar refractivity (Wildman–Crippen MR) is 124 cm³/mol. The van der Waals surface area contributed by atoms with Crippen LogP contribution in [-0.2, 0) is 0 Å². The Morgan fingerprint density at radius 2 is 2.09 bits per heavy atom. The topological polar surface area (TPSA) is 65.6 Å². The van der Waals surface area contributed by atoms with Gasteiger partial charge < -0.3 is 14.6 Å². The van der Waals surface area contributed by atoms with Crippen molar-refractivity contribution in [3.63, 3.8) is 0 Å². The molecule has 6 heteroatoms. The number of para-hydroxylation sites is 1. The summed E-state index contributed by atoms with van der Waals surface area (Å²) in [7, 11) is 1.58. The van der Waals surface area contributed by atoms with E-state index in [9.17, 15) is 9.59 Å². The van der Waals surface area contributed by atoms with Gasteiger partial charge in [-0.2, -0.15) is 0 Å². The molecule has 6 rings (SSSR count). The van der Waals surface area contributed by atoms with E-state index in [2.05, 4.69) is 16.0 Å². The summed E-state index contributed by atoms with van der Waals surface area (Å²) < 4.78 is 5.38. The number of carbonyl (C=O) groups is 1. The SMILES string of the molecule is COc1cccc2c(=O)c(C(=O)N3CCCC4=CC5CC(CN6CCCC[C@H]56)[C@@H]43)c[nH]c12. The molecule has 4 atom stereocenters. The average molecular weight is 434 g/mol. The zero-order valence-electron chi connectivity index (χ0n) is 18.7. The van der Waals surface area contributed by atoms with E-state index in [4.69, 9.17) is 4.74 Å². The molecule has 1 aromatic heterocycles. The zero-order valence-corrected chi connectivity index (χ0v) is 18.7. The number of H-pyrrole nitrogens is 1. The van der Waals surface area contributed by atoms with Crippen LogP contribution in [0.4, 0.5) is 0 Å². The number of rotatable bonds is 2. The Morgan fingerprint density at radius 3 is 2.97 bits per heavy atom. The smallest absolute Gasteiger partial charge is 0.259 e. The lowest BCUT2D eigenvalue weighted by Crippen LogP contribution is -2.60. The van der Waals surface area contributed by atoms with Crippen LogP contribution in [-0.4, -0.2) is 59.5 Å². The third-order valence-corrected chi connectivity index (χ3v) is 8.24. The molecule has 1 N–H and O–H groups in total. The number of benzene rings is 1. The molecule has 1 aliphatic carbocycles. The van der Waals surface area contributed by atoms with Gasteiger partial charge in [0.25, 0.3) is 5.91 Å². The minimum atomic E-state index is -0.216. The Hall–Kier alpha value is -2.60. The van der Waals surface area contributed by atoms with E-state index in [0.29, 0.717) is 34.5 Å². The Kier molecular flexibility index (Phi) is 4.86. The number of amides is 1. The first-order chi connectivity index (χ1) is 15.7. The molecule has 168 valence electrons. The molecule has 32 heavy (non-hydrogen) atoms. The molecule has 4 aliphatic rings. The average Bonchev–Trinajstić information content (AvgIpc) is 2.83. The third-order valence-electron chi connectivity index (χ3n) is 8.24. The number of carbonyl (C=O) groups excluding carboxylic acids is 1. The van der Waals surface area contributed by atoms with E-state index in [-0.39, 0.29) is 22.9 Å². The molecule has 2 unspecified atom stereocenters. The van der Waals surface area contributed by atoms with Gasteiger partial charge >= 0.3 is 0 Å². The Labute approximate surface area is 188 Å². The molecule has 0 saturated carbocycles. The van der Waals surface area contributed by atoms with Crippen LogP contribution in [0.3, 0.4) is 0 Å². The van der Waals surface area contributed by atoms with Crippen LogP contribution < -0.4 is 10.2 Å². The van der Waals surface area contributed by atoms with E-state index in [1.807, 2.05) is 11.0 Å². The lowest BCUT2D eigenvalue weighted by Gasteiger charge is -2.54. The predicted octanol–water partition coefficient (Wildman–Crippen LogP) is 3.57. The highest BCUT2D eigenvalue weighted by Crippen LogP contribution is 2.45. The molecule has 0 radical (unpaired) electrons. The number of aromatic amines is 1. The first-order valence-corrected chi connectivity index (χ1v) is 12.1. The van der Waals surface area contributed by atoms with E-state index >= 15 is 0 Å². The molecule has 2 aromatic rings. The van der Waals surface area contributed by atoms with Crippen LogP contribution in [0.15, 0.2) is 40.8 Å². The van der Waals surface area contributed by atoms with Crippen LogP contribution >= 0.6 is 0 Å². The van der Waals surface area contributed by atoms with Gasteiger partial charge in [-0.15, -0.1) is 0 Å². The first-order valence-electron chi connectivity index (χ1n) is 12.1. The third kappa shape index (κ3) is 3.03. The van der Waals surface area contributed by atoms with Crippen LogP contribution in [0, 0.1) is 11.8 Å². The first kappa shape index (κ1) is 20.0. The number of aromatic nitrogens is 1. The van der Waals surface area contributed by atoms with Crippen LogP contribution in [0.1, 0.15) is 48.9 Å². The lowest BCUT2D eigenvalue weighted by atomic mass is 9.68. The minimum absolute atomic E-state index is 0.134. The van der Waals surface area contributed by atoms with E-state index < -0.39 is 0 Å². The molecule has 3 saturated heterocycles. The largest absolute Gasteiger partial charge is 0.495 e. The van der Waals surface area contributed by atoms with Crippen molar-refractivity contribution >= 4 is 16.8 Å². The molecule has 4 heterocycles. The van der Waals surface area contributed by atoms with Gasteiger partial charge in [-0.05, 0) is 62.6 Å². The summed E-state index contributed by atoms with van der Waals surface area (Å²) in [5, 5.41) is 0.500. The maximum absolute atomic E-state index is 13.8. The number of nitrogens with one attached hydrogen (secondary N) is 1. The van der Waals surface area contributed by atoms with Crippen molar-refractivity contribution in [2.45, 2.75) is 50.6 Å². The van der Waals surface area contributed by atoms with Gasteiger partial charge in [0, 0.05) is 25.3 Å². The van der Waals surface area contributed by atoms with Gasteiger partial charge in [0.15, 0.2) is 0 Å². The summed E-state index contributed by atoms with van der Waals surface area (Å²) >= 11 is 0. The summed E-state index contributed by atoms with van der Waals surface area (Å²) in [4.78, 5) is 34.9. The zero-order chi connectivity index (χ0) is 21.8. The number of ether oxygens (including phenoxy) is 1. The second kappa shape index (κ2) is 7.77. The molecule has 6 nitrogen and oxygen atoms in total. The lowest BCUT2D eigenvalue weighted by molar-refractivity contribution is 0.00143. The van der Waals surface area contributed by atoms with Crippen molar-refractivity contribution < 1.29 is 9.53 Å². The van der Waals surface area contributed by atoms with Gasteiger partial charge in [0.1, 0.15) is 11.3 Å². The fourth-order valence-electron chi connectivity index (χ4n) is 6.91. The standard InChI is InChI=1S/C26H31N3O3/c1-32-22-9-4-7-19-23(22)27-14-20(25(19)30)26(31)29-11-5-6-16-12-17-13-18(24(16)29)15-28-10-3-2-8-21(17)28/h4,7,9,12,14,17-18,21,24H,2-3,5-6,8,10-11,13,15H2,1H3,(H,27,30)/t17?,18?,21-,24-/m1/s1. The van der Waals surface area contributed by atoms with Crippen molar-refractivity contribution in [2.75, 3.05) is 26.7 Å².